The van der Waals surface area contributed by atoms with Gasteiger partial charge in [0.25, 0.3) is 0 Å². The van der Waals surface area contributed by atoms with Gasteiger partial charge in [0.1, 0.15) is 11.4 Å². The van der Waals surface area contributed by atoms with Gasteiger partial charge in [-0.2, -0.15) is 13.2 Å². The number of aromatic amines is 1. The lowest BCUT2D eigenvalue weighted by Crippen LogP contribution is -2.57. The Morgan fingerprint density at radius 3 is 2.56 bits per heavy atom. The summed E-state index contributed by atoms with van der Waals surface area (Å²) in [4.78, 5) is 28.5. The number of fused-ring (bicyclic) bond motifs is 3. The maximum Gasteiger partial charge on any atom is 0.416 e. The molecule has 2 fully saturated rings. The van der Waals surface area contributed by atoms with Gasteiger partial charge in [-0.25, -0.2) is 4.98 Å². The van der Waals surface area contributed by atoms with E-state index in [1.165, 1.54) is 17.7 Å². The number of hydrogen-bond donors (Lipinski definition) is 1. The highest BCUT2D eigenvalue weighted by molar-refractivity contribution is 6.05. The molecule has 204 valence electrons. The Kier molecular flexibility index (Phi) is 6.88. The Hall–Kier alpha value is -3.66. The molecule has 2 aliphatic heterocycles. The van der Waals surface area contributed by atoms with Gasteiger partial charge in [0.15, 0.2) is 0 Å². The second kappa shape index (κ2) is 10.5. The van der Waals surface area contributed by atoms with Crippen molar-refractivity contribution < 1.29 is 22.7 Å². The number of rotatable bonds is 6. The molecule has 2 unspecified atom stereocenters. The van der Waals surface area contributed by atoms with E-state index in [1.54, 1.807) is 0 Å². The molecule has 0 radical (unpaired) electrons. The first-order valence-corrected chi connectivity index (χ1v) is 13.4. The third-order valence-electron chi connectivity index (χ3n) is 8.20. The van der Waals surface area contributed by atoms with E-state index in [-0.39, 0.29) is 12.1 Å². The van der Waals surface area contributed by atoms with E-state index in [0.29, 0.717) is 24.8 Å². The molecule has 2 aliphatic rings. The summed E-state index contributed by atoms with van der Waals surface area (Å²) in [6, 6.07) is 8.97. The lowest BCUT2D eigenvalue weighted by atomic mass is 9.85. The van der Waals surface area contributed by atoms with Gasteiger partial charge in [0.2, 0.25) is 6.41 Å². The minimum absolute atomic E-state index is 0.0649. The van der Waals surface area contributed by atoms with E-state index in [2.05, 4.69) is 32.0 Å². The van der Waals surface area contributed by atoms with Crippen molar-refractivity contribution in [3.8, 4) is 5.75 Å². The van der Waals surface area contributed by atoms with Crippen LogP contribution in [0.25, 0.3) is 21.9 Å². The molecular weight excluding hydrogens is 507 g/mol. The highest BCUT2D eigenvalue weighted by atomic mass is 19.4. The molecule has 10 heteroatoms. The molecule has 3 aromatic heterocycles. The first-order chi connectivity index (χ1) is 18.9. The Bertz CT molecular complexity index is 1450. The van der Waals surface area contributed by atoms with E-state index < -0.39 is 11.7 Å². The molecule has 0 spiro atoms. The van der Waals surface area contributed by atoms with Crippen molar-refractivity contribution in [2.45, 2.75) is 43.9 Å². The van der Waals surface area contributed by atoms with Crippen molar-refractivity contribution in [3.05, 3.63) is 66.1 Å². The number of alkyl halides is 3. The highest BCUT2D eigenvalue weighted by Gasteiger charge is 2.38. The maximum absolute atomic E-state index is 12.9. The van der Waals surface area contributed by atoms with Crippen molar-refractivity contribution >= 4 is 28.3 Å². The van der Waals surface area contributed by atoms with Crippen LogP contribution in [0.3, 0.4) is 0 Å². The van der Waals surface area contributed by atoms with Crippen molar-refractivity contribution in [2.24, 2.45) is 5.92 Å². The number of pyridine rings is 2. The average Bonchev–Trinajstić information content (AvgIpc) is 3.45. The van der Waals surface area contributed by atoms with Gasteiger partial charge in [0, 0.05) is 48.7 Å². The summed E-state index contributed by atoms with van der Waals surface area (Å²) in [5, 5.41) is 2.23. The third-order valence-corrected chi connectivity index (χ3v) is 8.20. The second-order valence-corrected chi connectivity index (χ2v) is 10.5. The maximum atomic E-state index is 12.9. The number of carbonyl (C=O) groups excluding carboxylic acids is 1. The SMILES string of the molecule is O=CN1CCCC(COc2ccc(C(F)(F)F)cc2)C1N1CCC(c2ccnc3cnc4[nH]ccc4c23)CC1. The zero-order valence-electron chi connectivity index (χ0n) is 21.4. The number of carbonyl (C=O) groups is 1. The summed E-state index contributed by atoms with van der Waals surface area (Å²) in [7, 11) is 0. The Morgan fingerprint density at radius 1 is 1.03 bits per heavy atom. The number of amides is 1. The number of ether oxygens (including phenoxy) is 1. The van der Waals surface area contributed by atoms with Crippen LogP contribution >= 0.6 is 0 Å². The van der Waals surface area contributed by atoms with Crippen LogP contribution in [-0.2, 0) is 11.0 Å². The zero-order chi connectivity index (χ0) is 27.0. The summed E-state index contributed by atoms with van der Waals surface area (Å²) in [6.45, 7) is 2.70. The number of aromatic nitrogens is 3. The Balaban J connectivity index is 1.17. The molecule has 4 aromatic rings. The molecule has 0 aliphatic carbocycles. The average molecular weight is 538 g/mol. The molecule has 0 saturated carbocycles. The van der Waals surface area contributed by atoms with Gasteiger partial charge in [0.05, 0.1) is 30.0 Å². The molecule has 1 amide bonds. The largest absolute Gasteiger partial charge is 0.493 e. The topological polar surface area (TPSA) is 74.3 Å². The zero-order valence-corrected chi connectivity index (χ0v) is 21.4. The van der Waals surface area contributed by atoms with E-state index >= 15 is 0 Å². The summed E-state index contributed by atoms with van der Waals surface area (Å²) in [5.41, 5.74) is 2.33. The third kappa shape index (κ3) is 5.05. The summed E-state index contributed by atoms with van der Waals surface area (Å²) < 4.78 is 44.7. The fourth-order valence-corrected chi connectivity index (χ4v) is 6.32. The molecule has 7 nitrogen and oxygen atoms in total. The van der Waals surface area contributed by atoms with E-state index in [9.17, 15) is 18.0 Å². The number of piperidine rings is 2. The van der Waals surface area contributed by atoms with E-state index in [4.69, 9.17) is 4.74 Å². The molecule has 2 atom stereocenters. The van der Waals surface area contributed by atoms with Crippen LogP contribution in [-0.4, -0.2) is 63.6 Å². The molecule has 1 N–H and O–H groups in total. The highest BCUT2D eigenvalue weighted by Crippen LogP contribution is 2.38. The number of nitrogens with one attached hydrogen (secondary N) is 1. The molecular formula is C29H30F3N5O2. The monoisotopic (exact) mass is 537 g/mol. The van der Waals surface area contributed by atoms with Crippen LogP contribution in [0.15, 0.2) is 55.0 Å². The molecule has 0 bridgehead atoms. The lowest BCUT2D eigenvalue weighted by Gasteiger charge is -2.47. The van der Waals surface area contributed by atoms with Gasteiger partial charge in [-0.3, -0.25) is 14.7 Å². The molecule has 2 saturated heterocycles. The lowest BCUT2D eigenvalue weighted by molar-refractivity contribution is -0.137. The summed E-state index contributed by atoms with van der Waals surface area (Å²) in [6.07, 6.45) is 5.68. The van der Waals surface area contributed by atoms with Crippen LogP contribution in [0.5, 0.6) is 5.75 Å². The molecule has 5 heterocycles. The van der Waals surface area contributed by atoms with Gasteiger partial charge in [-0.1, -0.05) is 0 Å². The van der Waals surface area contributed by atoms with Gasteiger partial charge >= 0.3 is 6.18 Å². The first kappa shape index (κ1) is 25.6. The van der Waals surface area contributed by atoms with Crippen LogP contribution in [0.2, 0.25) is 0 Å². The summed E-state index contributed by atoms with van der Waals surface area (Å²) in [5.74, 6) is 0.830. The number of nitrogens with zero attached hydrogens (tertiary/aromatic N) is 4. The van der Waals surface area contributed by atoms with E-state index in [0.717, 1.165) is 79.3 Å². The standard InChI is InChI=1S/C29H30F3N5O2/c30-29(31,32)21-3-5-22(6-4-21)39-17-20-2-1-13-37(18-38)28(20)36-14-9-19(10-15-36)23-7-11-33-25-16-35-27-24(26(23)25)8-12-34-27/h3-8,11-12,16,18-20,28H,1-2,9-10,13-15,17H2,(H,34,35). The molecule has 1 aromatic carbocycles. The van der Waals surface area contributed by atoms with Gasteiger partial charge in [-0.05, 0) is 73.6 Å². The van der Waals surface area contributed by atoms with Crippen molar-refractivity contribution in [2.75, 3.05) is 26.2 Å². The van der Waals surface area contributed by atoms with Crippen molar-refractivity contribution in [1.82, 2.24) is 24.8 Å². The van der Waals surface area contributed by atoms with Crippen molar-refractivity contribution in [1.29, 1.82) is 0 Å². The van der Waals surface area contributed by atoms with Gasteiger partial charge < -0.3 is 14.6 Å². The van der Waals surface area contributed by atoms with Crippen LogP contribution in [0, 0.1) is 5.92 Å². The van der Waals surface area contributed by atoms with Crippen molar-refractivity contribution in [3.63, 3.8) is 0 Å². The van der Waals surface area contributed by atoms with Crippen LogP contribution in [0.4, 0.5) is 13.2 Å². The fourth-order valence-electron chi connectivity index (χ4n) is 6.32. The second-order valence-electron chi connectivity index (χ2n) is 10.5. The number of H-pyrrole nitrogens is 1. The quantitative estimate of drug-likeness (QED) is 0.325. The minimum Gasteiger partial charge on any atom is -0.493 e. The van der Waals surface area contributed by atoms with Crippen LogP contribution in [0.1, 0.15) is 42.7 Å². The Labute approximate surface area is 224 Å². The predicted molar refractivity (Wildman–Crippen MR) is 141 cm³/mol. The number of likely N-dealkylation sites (tertiary alicyclic amines) is 2. The van der Waals surface area contributed by atoms with Crippen LogP contribution < -0.4 is 4.74 Å². The number of halogens is 3. The molecule has 39 heavy (non-hydrogen) atoms. The Morgan fingerprint density at radius 2 is 1.82 bits per heavy atom. The smallest absolute Gasteiger partial charge is 0.416 e. The predicted octanol–water partition coefficient (Wildman–Crippen LogP) is 5.58. The van der Waals surface area contributed by atoms with Gasteiger partial charge in [-0.15, -0.1) is 0 Å². The number of benzene rings is 1. The van der Waals surface area contributed by atoms with E-state index in [1.807, 2.05) is 23.5 Å². The minimum atomic E-state index is -4.38. The molecule has 6 rings (SSSR count). The number of hydrogen-bond acceptors (Lipinski definition) is 5. The first-order valence-electron chi connectivity index (χ1n) is 13.4. The normalized spacial score (nSPS) is 21.5. The fraction of sp³-hybridized carbons (Fsp3) is 0.414. The summed E-state index contributed by atoms with van der Waals surface area (Å²) >= 11 is 0.